The average molecular weight is 598 g/mol. The Balaban J connectivity index is 1.37. The fourth-order valence-corrected chi connectivity index (χ4v) is 6.29. The Morgan fingerprint density at radius 1 is 0.837 bits per heavy atom. The van der Waals surface area contributed by atoms with Crippen LogP contribution in [0.4, 0.5) is 5.69 Å². The first-order valence-corrected chi connectivity index (χ1v) is 15.6. The minimum Gasteiger partial charge on any atom is -0.477 e. The van der Waals surface area contributed by atoms with Gasteiger partial charge in [0.15, 0.2) is 6.10 Å². The third-order valence-electron chi connectivity index (χ3n) is 7.37. The normalized spacial score (nSPS) is 14.6. The lowest BCUT2D eigenvalue weighted by Gasteiger charge is -2.35. The third-order valence-corrected chi connectivity index (χ3v) is 9.18. The molecule has 0 saturated heterocycles. The minimum atomic E-state index is -4.03. The van der Waals surface area contributed by atoms with Crippen LogP contribution in [0.25, 0.3) is 0 Å². The molecule has 0 bridgehead atoms. The molecule has 43 heavy (non-hydrogen) atoms. The Bertz CT molecular complexity index is 1670. The smallest absolute Gasteiger partial charge is 0.262 e. The van der Waals surface area contributed by atoms with Gasteiger partial charge in [0.1, 0.15) is 5.75 Å². The van der Waals surface area contributed by atoms with Crippen molar-refractivity contribution in [2.75, 3.05) is 24.5 Å². The Morgan fingerprint density at radius 3 is 2.16 bits per heavy atom. The number of nitrogens with one attached hydrogen (secondary N) is 1. The molecule has 0 aromatic heterocycles. The zero-order valence-corrected chi connectivity index (χ0v) is 25.1. The number of fused-ring (bicyclic) bond motifs is 1. The maximum Gasteiger partial charge on any atom is 0.262 e. The molecule has 0 saturated carbocycles. The van der Waals surface area contributed by atoms with E-state index in [1.165, 1.54) is 9.21 Å². The minimum absolute atomic E-state index is 0.0115. The highest BCUT2D eigenvalue weighted by atomic mass is 32.2. The van der Waals surface area contributed by atoms with Crippen LogP contribution in [0.15, 0.2) is 108 Å². The van der Waals surface area contributed by atoms with Crippen molar-refractivity contribution >= 4 is 27.5 Å². The second-order valence-electron chi connectivity index (χ2n) is 10.7. The van der Waals surface area contributed by atoms with E-state index in [9.17, 15) is 18.0 Å². The van der Waals surface area contributed by atoms with Crippen molar-refractivity contribution in [2.45, 2.75) is 37.8 Å². The van der Waals surface area contributed by atoms with Gasteiger partial charge in [0.2, 0.25) is 15.9 Å². The Hall–Kier alpha value is -4.47. The van der Waals surface area contributed by atoms with E-state index in [1.54, 1.807) is 48.5 Å². The Labute approximate surface area is 253 Å². The van der Waals surface area contributed by atoms with Gasteiger partial charge < -0.3 is 15.0 Å². The lowest BCUT2D eigenvalue weighted by molar-refractivity contribution is -0.128. The van der Waals surface area contributed by atoms with Gasteiger partial charge in [-0.1, -0.05) is 90.0 Å². The first kappa shape index (κ1) is 30.0. The molecule has 4 aromatic rings. The Morgan fingerprint density at radius 2 is 1.47 bits per heavy atom. The van der Waals surface area contributed by atoms with Gasteiger partial charge in [-0.3, -0.25) is 9.59 Å². The van der Waals surface area contributed by atoms with Crippen molar-refractivity contribution < 1.29 is 22.7 Å². The molecular formula is C34H35N3O5S. The lowest BCUT2D eigenvalue weighted by Crippen LogP contribution is -2.53. The number of hydrogen-bond acceptors (Lipinski definition) is 5. The van der Waals surface area contributed by atoms with Gasteiger partial charge >= 0.3 is 0 Å². The number of anilines is 1. The number of aryl methyl sites for hydroxylation is 2. The van der Waals surface area contributed by atoms with E-state index in [-0.39, 0.29) is 23.9 Å². The SMILES string of the molecule is Cc1ccc(CN(CC(=O)N2C[C@@H](C(=O)NCCc3ccccc3)Oc3ccccc32)S(=O)(=O)c2ccc(C)cc2)cc1. The summed E-state index contributed by atoms with van der Waals surface area (Å²) in [6.45, 7) is 3.80. The second kappa shape index (κ2) is 13.2. The zero-order valence-electron chi connectivity index (χ0n) is 24.3. The summed E-state index contributed by atoms with van der Waals surface area (Å²) in [5.41, 5.74) is 4.32. The molecule has 8 nitrogen and oxygen atoms in total. The zero-order chi connectivity index (χ0) is 30.4. The van der Waals surface area contributed by atoms with E-state index in [4.69, 9.17) is 4.74 Å². The van der Waals surface area contributed by atoms with Gasteiger partial charge in [-0.15, -0.1) is 0 Å². The number of nitrogens with zero attached hydrogens (tertiary/aromatic N) is 2. The summed E-state index contributed by atoms with van der Waals surface area (Å²) in [4.78, 5) is 28.7. The second-order valence-corrected chi connectivity index (χ2v) is 12.6. The summed E-state index contributed by atoms with van der Waals surface area (Å²) in [6.07, 6.45) is -0.294. The molecule has 1 N–H and O–H groups in total. The highest BCUT2D eigenvalue weighted by Crippen LogP contribution is 2.33. The number of carbonyl (C=O) groups excluding carboxylic acids is 2. The topological polar surface area (TPSA) is 96.0 Å². The molecule has 1 aliphatic rings. The van der Waals surface area contributed by atoms with Gasteiger partial charge in [-0.05, 0) is 55.7 Å². The highest BCUT2D eigenvalue weighted by molar-refractivity contribution is 7.89. The van der Waals surface area contributed by atoms with Crippen LogP contribution in [0.1, 0.15) is 22.3 Å². The van der Waals surface area contributed by atoms with E-state index in [1.807, 2.05) is 68.4 Å². The fourth-order valence-electron chi connectivity index (χ4n) is 4.91. The highest BCUT2D eigenvalue weighted by Gasteiger charge is 2.36. The molecule has 0 fully saturated rings. The maximum absolute atomic E-state index is 13.9. The standard InChI is InChI=1S/C34H35N3O5S/c1-25-12-16-28(17-13-25)22-36(43(40,41)29-18-14-26(2)15-19-29)24-33(38)37-23-32(42-31-11-7-6-10-30(31)37)34(39)35-21-20-27-8-4-3-5-9-27/h3-19,32H,20-24H2,1-2H3,(H,35,39)/t32-/m0/s1. The van der Waals surface area contributed by atoms with Crippen molar-refractivity contribution in [3.05, 3.63) is 125 Å². The number of para-hydroxylation sites is 2. The molecule has 0 radical (unpaired) electrons. The molecule has 0 unspecified atom stereocenters. The molecule has 9 heteroatoms. The predicted octanol–water partition coefficient (Wildman–Crippen LogP) is 4.65. The molecule has 222 valence electrons. The van der Waals surface area contributed by atoms with Crippen molar-refractivity contribution in [2.24, 2.45) is 0 Å². The van der Waals surface area contributed by atoms with Gasteiger partial charge in [0, 0.05) is 13.1 Å². The molecule has 1 aliphatic heterocycles. The summed E-state index contributed by atoms with van der Waals surface area (Å²) in [6, 6.07) is 30.9. The maximum atomic E-state index is 13.9. The van der Waals surface area contributed by atoms with Crippen LogP contribution in [0, 0.1) is 13.8 Å². The number of benzene rings is 4. The van der Waals surface area contributed by atoms with Gasteiger partial charge in [0.05, 0.1) is 23.7 Å². The van der Waals surface area contributed by atoms with Crippen molar-refractivity contribution in [1.82, 2.24) is 9.62 Å². The van der Waals surface area contributed by atoms with Crippen LogP contribution in [0.5, 0.6) is 5.75 Å². The first-order chi connectivity index (χ1) is 20.7. The van der Waals surface area contributed by atoms with Crippen molar-refractivity contribution in [1.29, 1.82) is 0 Å². The largest absolute Gasteiger partial charge is 0.477 e. The van der Waals surface area contributed by atoms with E-state index in [0.29, 0.717) is 24.4 Å². The number of amides is 2. The van der Waals surface area contributed by atoms with Gasteiger partial charge in [-0.25, -0.2) is 8.42 Å². The number of rotatable bonds is 10. The van der Waals surface area contributed by atoms with E-state index >= 15 is 0 Å². The molecule has 5 rings (SSSR count). The predicted molar refractivity (Wildman–Crippen MR) is 166 cm³/mol. The van der Waals surface area contributed by atoms with Gasteiger partial charge in [0.25, 0.3) is 5.91 Å². The average Bonchev–Trinajstić information content (AvgIpc) is 3.01. The fraction of sp³-hybridized carbons (Fsp3) is 0.235. The van der Waals surface area contributed by atoms with Crippen LogP contribution in [-0.2, 0) is 32.6 Å². The summed E-state index contributed by atoms with van der Waals surface area (Å²) in [5.74, 6) is -0.413. The molecule has 4 aromatic carbocycles. The van der Waals surface area contributed by atoms with Crippen LogP contribution >= 0.6 is 0 Å². The van der Waals surface area contributed by atoms with Crippen molar-refractivity contribution in [3.8, 4) is 5.75 Å². The number of sulfonamides is 1. The molecule has 2 amide bonds. The summed E-state index contributed by atoms with van der Waals surface area (Å²) < 4.78 is 34.9. The quantitative estimate of drug-likeness (QED) is 0.287. The summed E-state index contributed by atoms with van der Waals surface area (Å²) in [7, 11) is -4.03. The molecule has 1 atom stereocenters. The van der Waals surface area contributed by atoms with Crippen LogP contribution in [0.3, 0.4) is 0 Å². The molecular weight excluding hydrogens is 562 g/mol. The first-order valence-electron chi connectivity index (χ1n) is 14.2. The number of hydrogen-bond donors (Lipinski definition) is 1. The molecule has 1 heterocycles. The summed E-state index contributed by atoms with van der Waals surface area (Å²) in [5, 5.41) is 2.91. The van der Waals surface area contributed by atoms with E-state index in [2.05, 4.69) is 5.32 Å². The number of carbonyl (C=O) groups is 2. The monoisotopic (exact) mass is 597 g/mol. The van der Waals surface area contributed by atoms with Crippen LogP contribution in [-0.4, -0.2) is 50.3 Å². The third kappa shape index (κ3) is 7.31. The van der Waals surface area contributed by atoms with Crippen LogP contribution in [0.2, 0.25) is 0 Å². The van der Waals surface area contributed by atoms with Crippen molar-refractivity contribution in [3.63, 3.8) is 0 Å². The van der Waals surface area contributed by atoms with E-state index in [0.717, 1.165) is 22.3 Å². The molecule has 0 spiro atoms. The number of ether oxygens (including phenoxy) is 1. The molecule has 0 aliphatic carbocycles. The Kier molecular flexibility index (Phi) is 9.23. The summed E-state index contributed by atoms with van der Waals surface area (Å²) >= 11 is 0. The van der Waals surface area contributed by atoms with Crippen LogP contribution < -0.4 is 15.0 Å². The van der Waals surface area contributed by atoms with E-state index < -0.39 is 28.6 Å². The van der Waals surface area contributed by atoms with Gasteiger partial charge in [-0.2, -0.15) is 4.31 Å². The lowest BCUT2D eigenvalue weighted by atomic mass is 10.1.